The quantitative estimate of drug-likeness (QED) is 0.229. The lowest BCUT2D eigenvalue weighted by Gasteiger charge is -2.29. The summed E-state index contributed by atoms with van der Waals surface area (Å²) >= 11 is 0. The minimum Gasteiger partial charge on any atom is -0.251 e. The zero-order chi connectivity index (χ0) is 26.9. The standard InChI is InChI=1S/C28H21F9/c29-9-1-2-15-3-5-16(6-4-15)17-11-22(31)25(23(32)12-17)18-10-19-13-21(30)20(7-8-28(35,36)37)27(34)26(19)24(33)14-18/h10-16H,1-6,9H2. The Morgan fingerprint density at radius 2 is 1.43 bits per heavy atom. The summed E-state index contributed by atoms with van der Waals surface area (Å²) < 4.78 is 123. The highest BCUT2D eigenvalue weighted by atomic mass is 19.4. The fourth-order valence-corrected chi connectivity index (χ4v) is 5.06. The third kappa shape index (κ3) is 5.89. The minimum atomic E-state index is -5.02. The molecule has 0 bridgehead atoms. The Kier molecular flexibility index (Phi) is 7.77. The SMILES string of the molecule is FCCCC1CCC(c2cc(F)c(-c3cc(F)c4c(F)c(C#CC(F)(F)F)c(F)cc4c3)c(F)c2)CC1. The lowest BCUT2D eigenvalue weighted by molar-refractivity contribution is -0.0696. The van der Waals surface area contributed by atoms with E-state index in [9.17, 15) is 30.7 Å². The molecule has 1 fully saturated rings. The van der Waals surface area contributed by atoms with Gasteiger partial charge in [0.15, 0.2) is 5.82 Å². The van der Waals surface area contributed by atoms with Gasteiger partial charge < -0.3 is 0 Å². The third-order valence-corrected chi connectivity index (χ3v) is 6.83. The van der Waals surface area contributed by atoms with E-state index in [0.717, 1.165) is 43.4 Å². The number of halogens is 9. The molecule has 0 N–H and O–H groups in total. The number of hydrogen-bond donors (Lipinski definition) is 0. The van der Waals surface area contributed by atoms with Gasteiger partial charge in [-0.15, -0.1) is 0 Å². The van der Waals surface area contributed by atoms with Gasteiger partial charge in [-0.1, -0.05) is 5.92 Å². The second-order valence-corrected chi connectivity index (χ2v) is 9.26. The molecule has 4 rings (SSSR count). The van der Waals surface area contributed by atoms with Crippen LogP contribution < -0.4 is 0 Å². The van der Waals surface area contributed by atoms with E-state index < -0.39 is 57.2 Å². The number of hydrogen-bond acceptors (Lipinski definition) is 0. The Labute approximate surface area is 207 Å². The van der Waals surface area contributed by atoms with E-state index in [1.807, 2.05) is 0 Å². The highest BCUT2D eigenvalue weighted by molar-refractivity contribution is 5.90. The zero-order valence-corrected chi connectivity index (χ0v) is 19.4. The van der Waals surface area contributed by atoms with Gasteiger partial charge in [0, 0.05) is 5.92 Å². The first-order valence-corrected chi connectivity index (χ1v) is 11.7. The van der Waals surface area contributed by atoms with Crippen molar-refractivity contribution in [1.29, 1.82) is 0 Å². The Morgan fingerprint density at radius 1 is 0.784 bits per heavy atom. The van der Waals surface area contributed by atoms with Gasteiger partial charge in [-0.05, 0) is 97.2 Å². The summed E-state index contributed by atoms with van der Waals surface area (Å²) in [4.78, 5) is 0. The van der Waals surface area contributed by atoms with Crippen molar-refractivity contribution in [2.45, 2.75) is 50.6 Å². The molecule has 1 aliphatic carbocycles. The van der Waals surface area contributed by atoms with Crippen LogP contribution in [0.25, 0.3) is 21.9 Å². The molecule has 0 unspecified atom stereocenters. The van der Waals surface area contributed by atoms with Crippen LogP contribution in [0.15, 0.2) is 30.3 Å². The molecule has 0 aromatic heterocycles. The van der Waals surface area contributed by atoms with E-state index in [2.05, 4.69) is 0 Å². The summed E-state index contributed by atoms with van der Waals surface area (Å²) in [6.07, 6.45) is -0.736. The molecular weight excluding hydrogens is 507 g/mol. The second kappa shape index (κ2) is 10.7. The van der Waals surface area contributed by atoms with Crippen molar-refractivity contribution in [3.8, 4) is 23.0 Å². The smallest absolute Gasteiger partial charge is 0.251 e. The Bertz CT molecular complexity index is 1350. The van der Waals surface area contributed by atoms with Crippen LogP contribution in [0.2, 0.25) is 0 Å². The average molecular weight is 528 g/mol. The maximum Gasteiger partial charge on any atom is 0.458 e. The number of alkyl halides is 4. The Morgan fingerprint density at radius 3 is 2.03 bits per heavy atom. The molecule has 196 valence electrons. The third-order valence-electron chi connectivity index (χ3n) is 6.83. The predicted molar refractivity (Wildman–Crippen MR) is 122 cm³/mol. The van der Waals surface area contributed by atoms with Gasteiger partial charge in [0.2, 0.25) is 0 Å². The molecule has 0 nitrogen and oxygen atoms in total. The summed E-state index contributed by atoms with van der Waals surface area (Å²) in [5.41, 5.74) is -1.75. The van der Waals surface area contributed by atoms with E-state index in [4.69, 9.17) is 0 Å². The van der Waals surface area contributed by atoms with E-state index in [0.29, 0.717) is 42.9 Å². The van der Waals surface area contributed by atoms with Gasteiger partial charge in [0.05, 0.1) is 23.2 Å². The van der Waals surface area contributed by atoms with E-state index in [1.165, 1.54) is 5.92 Å². The first kappa shape index (κ1) is 26.9. The molecule has 37 heavy (non-hydrogen) atoms. The van der Waals surface area contributed by atoms with Gasteiger partial charge >= 0.3 is 6.18 Å². The van der Waals surface area contributed by atoms with Crippen LogP contribution in [0.1, 0.15) is 55.6 Å². The predicted octanol–water partition coefficient (Wildman–Crippen LogP) is 9.14. The second-order valence-electron chi connectivity index (χ2n) is 9.26. The first-order valence-electron chi connectivity index (χ1n) is 11.7. The van der Waals surface area contributed by atoms with E-state index in [1.54, 1.807) is 0 Å². The molecule has 1 aliphatic rings. The number of benzene rings is 3. The van der Waals surface area contributed by atoms with Crippen LogP contribution in [0.5, 0.6) is 0 Å². The molecule has 0 saturated heterocycles. The molecule has 0 radical (unpaired) electrons. The fraction of sp³-hybridized carbons (Fsp3) is 0.357. The number of rotatable bonds is 5. The summed E-state index contributed by atoms with van der Waals surface area (Å²) in [6, 6.07) is 4.48. The molecular formula is C28H21F9. The topological polar surface area (TPSA) is 0 Å². The highest BCUT2D eigenvalue weighted by Crippen LogP contribution is 2.40. The van der Waals surface area contributed by atoms with Crippen LogP contribution in [-0.4, -0.2) is 12.9 Å². The lowest BCUT2D eigenvalue weighted by atomic mass is 9.77. The van der Waals surface area contributed by atoms with Gasteiger partial charge in [0.1, 0.15) is 23.3 Å². The van der Waals surface area contributed by atoms with Gasteiger partial charge in [-0.25, -0.2) is 22.0 Å². The monoisotopic (exact) mass is 528 g/mol. The van der Waals surface area contributed by atoms with E-state index in [-0.39, 0.29) is 18.2 Å². The van der Waals surface area contributed by atoms with Crippen molar-refractivity contribution in [1.82, 2.24) is 0 Å². The van der Waals surface area contributed by atoms with Crippen molar-refractivity contribution >= 4 is 10.8 Å². The molecule has 1 saturated carbocycles. The van der Waals surface area contributed by atoms with Crippen LogP contribution in [0.4, 0.5) is 39.5 Å². The average Bonchev–Trinajstić information content (AvgIpc) is 2.81. The fourth-order valence-electron chi connectivity index (χ4n) is 5.06. The first-order chi connectivity index (χ1) is 17.5. The maximum atomic E-state index is 15.1. The van der Waals surface area contributed by atoms with Crippen LogP contribution in [0, 0.1) is 46.8 Å². The van der Waals surface area contributed by atoms with Gasteiger partial charge in [-0.3, -0.25) is 4.39 Å². The summed E-state index contributed by atoms with van der Waals surface area (Å²) in [6.45, 7) is -0.375. The normalized spacial score (nSPS) is 18.1. The summed E-state index contributed by atoms with van der Waals surface area (Å²) in [5.74, 6) is -4.08. The van der Waals surface area contributed by atoms with Crippen molar-refractivity contribution in [3.63, 3.8) is 0 Å². The molecule has 0 amide bonds. The minimum absolute atomic E-state index is 0.0903. The van der Waals surface area contributed by atoms with Crippen LogP contribution >= 0.6 is 0 Å². The summed E-state index contributed by atoms with van der Waals surface area (Å²) in [5, 5.41) is -1.28. The highest BCUT2D eigenvalue weighted by Gasteiger charge is 2.26. The van der Waals surface area contributed by atoms with Crippen molar-refractivity contribution < 1.29 is 39.5 Å². The van der Waals surface area contributed by atoms with E-state index >= 15 is 8.78 Å². The van der Waals surface area contributed by atoms with Crippen molar-refractivity contribution in [2.75, 3.05) is 6.67 Å². The van der Waals surface area contributed by atoms with Gasteiger partial charge in [-0.2, -0.15) is 13.2 Å². The maximum absolute atomic E-state index is 15.1. The summed E-state index contributed by atoms with van der Waals surface area (Å²) in [7, 11) is 0. The van der Waals surface area contributed by atoms with Crippen molar-refractivity contribution in [2.24, 2.45) is 5.92 Å². The molecule has 3 aromatic rings. The molecule has 0 atom stereocenters. The zero-order valence-electron chi connectivity index (χ0n) is 19.4. The molecule has 9 heteroatoms. The van der Waals surface area contributed by atoms with Crippen LogP contribution in [-0.2, 0) is 0 Å². The Hall–Kier alpha value is -3.15. The van der Waals surface area contributed by atoms with Crippen LogP contribution in [0.3, 0.4) is 0 Å². The molecule has 0 aliphatic heterocycles. The Balaban J connectivity index is 1.68. The lowest BCUT2D eigenvalue weighted by Crippen LogP contribution is -2.14. The molecule has 0 heterocycles. The number of fused-ring (bicyclic) bond motifs is 1. The van der Waals surface area contributed by atoms with Gasteiger partial charge in [0.25, 0.3) is 0 Å². The molecule has 3 aromatic carbocycles. The largest absolute Gasteiger partial charge is 0.458 e. The van der Waals surface area contributed by atoms with Crippen molar-refractivity contribution in [3.05, 3.63) is 70.5 Å². The molecule has 0 spiro atoms.